The molecule has 0 aliphatic carbocycles. The summed E-state index contributed by atoms with van der Waals surface area (Å²) in [5.41, 5.74) is 8.18. The number of nitrogens with zero attached hydrogens (tertiary/aromatic N) is 2. The number of hydrogen-bond donors (Lipinski definition) is 2. The number of halogens is 1. The van der Waals surface area contributed by atoms with Crippen LogP contribution in [0.2, 0.25) is 5.02 Å². The molecule has 6 nitrogen and oxygen atoms in total. The lowest BCUT2D eigenvalue weighted by Crippen LogP contribution is -2.23. The van der Waals surface area contributed by atoms with Gasteiger partial charge in [0.05, 0.1) is 21.3 Å². The first-order valence-corrected chi connectivity index (χ1v) is 8.11. The molecule has 0 spiro atoms. The molecule has 2 aromatic rings. The molecule has 3 N–H and O–H groups in total. The van der Waals surface area contributed by atoms with E-state index < -0.39 is 10.0 Å². The molecule has 0 aliphatic heterocycles. The van der Waals surface area contributed by atoms with E-state index in [0.29, 0.717) is 10.6 Å². The Morgan fingerprint density at radius 3 is 2.57 bits per heavy atom. The van der Waals surface area contributed by atoms with Crippen LogP contribution in [0.1, 0.15) is 16.8 Å². The Kier molecular flexibility index (Phi) is 4.27. The van der Waals surface area contributed by atoms with Crippen LogP contribution in [-0.4, -0.2) is 18.2 Å². The van der Waals surface area contributed by atoms with Crippen LogP contribution < -0.4 is 10.5 Å². The first kappa shape index (κ1) is 15.8. The van der Waals surface area contributed by atoms with Gasteiger partial charge in [-0.15, -0.1) is 0 Å². The standard InChI is InChI=1S/C13H17ClN4O2S/c1-8-4-11(5-12(15)13(8)14)21(19,20)16-6-10-7-18(3)17-9(10)2/h4-5,7,16H,6,15H2,1-3H3. The van der Waals surface area contributed by atoms with Crippen LogP contribution in [0.25, 0.3) is 0 Å². The van der Waals surface area contributed by atoms with Gasteiger partial charge in [-0.2, -0.15) is 5.10 Å². The first-order chi connectivity index (χ1) is 9.70. The molecule has 0 bridgehead atoms. The van der Waals surface area contributed by atoms with Crippen LogP contribution in [0.3, 0.4) is 0 Å². The molecule has 0 amide bonds. The van der Waals surface area contributed by atoms with Crippen molar-refractivity contribution in [2.24, 2.45) is 7.05 Å². The molecular formula is C13H17ClN4O2S. The second-order valence-corrected chi connectivity index (χ2v) is 7.03. The number of aryl methyl sites for hydroxylation is 3. The summed E-state index contributed by atoms with van der Waals surface area (Å²) in [6, 6.07) is 2.85. The number of nitrogens with two attached hydrogens (primary N) is 1. The lowest BCUT2D eigenvalue weighted by Gasteiger charge is -2.09. The van der Waals surface area contributed by atoms with Gasteiger partial charge in [-0.1, -0.05) is 11.6 Å². The topological polar surface area (TPSA) is 90.0 Å². The lowest BCUT2D eigenvalue weighted by atomic mass is 10.2. The van der Waals surface area contributed by atoms with Gasteiger partial charge in [0.25, 0.3) is 0 Å². The third-order valence-electron chi connectivity index (χ3n) is 3.13. The monoisotopic (exact) mass is 328 g/mol. The predicted octanol–water partition coefficient (Wildman–Crippen LogP) is 1.75. The maximum absolute atomic E-state index is 12.3. The maximum atomic E-state index is 12.3. The Labute approximate surface area is 129 Å². The van der Waals surface area contributed by atoms with Gasteiger partial charge in [-0.25, -0.2) is 13.1 Å². The molecular weight excluding hydrogens is 312 g/mol. The van der Waals surface area contributed by atoms with Crippen molar-refractivity contribution < 1.29 is 8.42 Å². The molecule has 0 aliphatic rings. The number of nitrogen functional groups attached to an aromatic ring is 1. The summed E-state index contributed by atoms with van der Waals surface area (Å²) in [6.07, 6.45) is 1.78. The van der Waals surface area contributed by atoms with Gasteiger partial charge in [-0.05, 0) is 31.5 Å². The number of nitrogens with one attached hydrogen (secondary N) is 1. The van der Waals surface area contributed by atoms with Gasteiger partial charge in [0.1, 0.15) is 0 Å². The quantitative estimate of drug-likeness (QED) is 0.837. The molecule has 0 saturated heterocycles. The third-order valence-corrected chi connectivity index (χ3v) is 5.03. The fraction of sp³-hybridized carbons (Fsp3) is 0.308. The highest BCUT2D eigenvalue weighted by atomic mass is 35.5. The summed E-state index contributed by atoms with van der Waals surface area (Å²) >= 11 is 5.94. The average molecular weight is 329 g/mol. The average Bonchev–Trinajstić information content (AvgIpc) is 2.71. The van der Waals surface area contributed by atoms with Crippen molar-refractivity contribution in [3.05, 3.63) is 40.2 Å². The summed E-state index contributed by atoms with van der Waals surface area (Å²) in [7, 11) is -1.87. The van der Waals surface area contributed by atoms with Gasteiger partial charge < -0.3 is 5.73 Å². The minimum Gasteiger partial charge on any atom is -0.397 e. The van der Waals surface area contributed by atoms with Crippen molar-refractivity contribution in [1.82, 2.24) is 14.5 Å². The predicted molar refractivity (Wildman–Crippen MR) is 82.6 cm³/mol. The molecule has 114 valence electrons. The van der Waals surface area contributed by atoms with Gasteiger partial charge in [0.15, 0.2) is 0 Å². The number of hydrogen-bond acceptors (Lipinski definition) is 4. The number of benzene rings is 1. The van der Waals surface area contributed by atoms with Crippen molar-refractivity contribution in [2.75, 3.05) is 5.73 Å². The minimum atomic E-state index is -3.65. The molecule has 0 unspecified atom stereocenters. The molecule has 21 heavy (non-hydrogen) atoms. The molecule has 1 aromatic carbocycles. The Balaban J connectivity index is 2.25. The van der Waals surface area contributed by atoms with E-state index in [2.05, 4.69) is 9.82 Å². The van der Waals surface area contributed by atoms with Crippen molar-refractivity contribution in [3.8, 4) is 0 Å². The third kappa shape index (κ3) is 3.37. The van der Waals surface area contributed by atoms with E-state index in [0.717, 1.165) is 11.3 Å². The molecule has 0 saturated carbocycles. The summed E-state index contributed by atoms with van der Waals surface area (Å²) < 4.78 is 28.8. The Hall–Kier alpha value is -1.57. The second kappa shape index (κ2) is 5.67. The van der Waals surface area contributed by atoms with Crippen LogP contribution in [0.15, 0.2) is 23.2 Å². The fourth-order valence-electron chi connectivity index (χ4n) is 2.00. The highest BCUT2D eigenvalue weighted by Crippen LogP contribution is 2.26. The van der Waals surface area contributed by atoms with E-state index in [1.54, 1.807) is 24.9 Å². The highest BCUT2D eigenvalue weighted by Gasteiger charge is 2.17. The Bertz CT molecular complexity index is 760. The zero-order valence-corrected chi connectivity index (χ0v) is 13.6. The fourth-order valence-corrected chi connectivity index (χ4v) is 3.23. The van der Waals surface area contributed by atoms with Crippen LogP contribution in [0, 0.1) is 13.8 Å². The summed E-state index contributed by atoms with van der Waals surface area (Å²) in [5.74, 6) is 0. The van der Waals surface area contributed by atoms with Gasteiger partial charge in [0.2, 0.25) is 10.0 Å². The lowest BCUT2D eigenvalue weighted by molar-refractivity contribution is 0.581. The Morgan fingerprint density at radius 1 is 1.38 bits per heavy atom. The SMILES string of the molecule is Cc1cc(S(=O)(=O)NCc2cn(C)nc2C)cc(N)c1Cl. The summed E-state index contributed by atoms with van der Waals surface area (Å²) in [4.78, 5) is 0.100. The van der Waals surface area contributed by atoms with Crippen molar-refractivity contribution in [1.29, 1.82) is 0 Å². The van der Waals surface area contributed by atoms with Gasteiger partial charge >= 0.3 is 0 Å². The summed E-state index contributed by atoms with van der Waals surface area (Å²) in [5, 5.41) is 4.54. The van der Waals surface area contributed by atoms with Gasteiger partial charge in [-0.3, -0.25) is 4.68 Å². The second-order valence-electron chi connectivity index (χ2n) is 4.88. The van der Waals surface area contributed by atoms with E-state index in [1.165, 1.54) is 12.1 Å². The zero-order chi connectivity index (χ0) is 15.8. The molecule has 8 heteroatoms. The van der Waals surface area contributed by atoms with E-state index >= 15 is 0 Å². The van der Waals surface area contributed by atoms with E-state index in [9.17, 15) is 8.42 Å². The highest BCUT2D eigenvalue weighted by molar-refractivity contribution is 7.89. The largest absolute Gasteiger partial charge is 0.397 e. The first-order valence-electron chi connectivity index (χ1n) is 6.25. The molecule has 0 fully saturated rings. The molecule has 1 aromatic heterocycles. The minimum absolute atomic E-state index is 0.100. The van der Waals surface area contributed by atoms with Gasteiger partial charge in [0, 0.05) is 25.4 Å². The Morgan fingerprint density at radius 2 is 2.05 bits per heavy atom. The van der Waals surface area contributed by atoms with Crippen LogP contribution >= 0.6 is 11.6 Å². The summed E-state index contributed by atoms with van der Waals surface area (Å²) in [6.45, 7) is 3.71. The molecule has 1 heterocycles. The molecule has 2 rings (SSSR count). The van der Waals surface area contributed by atoms with E-state index in [-0.39, 0.29) is 17.1 Å². The van der Waals surface area contributed by atoms with Crippen LogP contribution in [-0.2, 0) is 23.6 Å². The number of anilines is 1. The van der Waals surface area contributed by atoms with E-state index in [4.69, 9.17) is 17.3 Å². The van der Waals surface area contributed by atoms with Crippen molar-refractivity contribution in [2.45, 2.75) is 25.3 Å². The normalized spacial score (nSPS) is 11.8. The molecule has 0 atom stereocenters. The van der Waals surface area contributed by atoms with Crippen molar-refractivity contribution >= 4 is 27.3 Å². The van der Waals surface area contributed by atoms with Crippen molar-refractivity contribution in [3.63, 3.8) is 0 Å². The van der Waals surface area contributed by atoms with Crippen LogP contribution in [0.5, 0.6) is 0 Å². The number of aromatic nitrogens is 2. The zero-order valence-electron chi connectivity index (χ0n) is 12.0. The maximum Gasteiger partial charge on any atom is 0.240 e. The molecule has 0 radical (unpaired) electrons. The number of sulfonamides is 1. The smallest absolute Gasteiger partial charge is 0.240 e. The van der Waals surface area contributed by atoms with E-state index in [1.807, 2.05) is 6.92 Å². The number of rotatable bonds is 4. The van der Waals surface area contributed by atoms with Crippen LogP contribution in [0.4, 0.5) is 5.69 Å².